The van der Waals surface area contributed by atoms with Gasteiger partial charge in [0.2, 0.25) is 0 Å². The molecule has 0 unspecified atom stereocenters. The lowest BCUT2D eigenvalue weighted by atomic mass is 10.3. The van der Waals surface area contributed by atoms with Gasteiger partial charge in [-0.25, -0.2) is 0 Å². The van der Waals surface area contributed by atoms with Gasteiger partial charge in [0, 0.05) is 19.6 Å². The first-order chi connectivity index (χ1) is 7.95. The predicted molar refractivity (Wildman–Crippen MR) is 60.1 cm³/mol. The van der Waals surface area contributed by atoms with Gasteiger partial charge in [0.05, 0.1) is 6.10 Å². The molecule has 17 heavy (non-hydrogen) atoms. The highest BCUT2D eigenvalue weighted by molar-refractivity contribution is 6.35. The second-order valence-electron chi connectivity index (χ2n) is 4.15. The number of carbonyl (C=O) groups is 3. The minimum absolute atomic E-state index is 0.152. The van der Waals surface area contributed by atoms with Gasteiger partial charge in [0.25, 0.3) is 0 Å². The van der Waals surface area contributed by atoms with Crippen LogP contribution in [0, 0.1) is 0 Å². The molecule has 96 valence electrons. The van der Waals surface area contributed by atoms with Crippen LogP contribution in [0.3, 0.4) is 0 Å². The van der Waals surface area contributed by atoms with E-state index in [2.05, 4.69) is 0 Å². The Kier molecular flexibility index (Phi) is 4.48. The highest BCUT2D eigenvalue weighted by atomic mass is 16.5. The number of ether oxygens (including phenoxy) is 1. The van der Waals surface area contributed by atoms with Crippen molar-refractivity contribution in [2.24, 2.45) is 0 Å². The summed E-state index contributed by atoms with van der Waals surface area (Å²) in [5.74, 6) is -1.65. The smallest absolute Gasteiger partial charge is 0.325 e. The van der Waals surface area contributed by atoms with Gasteiger partial charge >= 0.3 is 17.8 Å². The Hall–Kier alpha value is -1.59. The molecule has 1 saturated heterocycles. The number of hydrogen-bond acceptors (Lipinski definition) is 4. The zero-order valence-electron chi connectivity index (χ0n) is 10.4. The van der Waals surface area contributed by atoms with Gasteiger partial charge < -0.3 is 14.5 Å². The molecule has 0 saturated carbocycles. The van der Waals surface area contributed by atoms with E-state index in [-0.39, 0.29) is 12.6 Å². The molecule has 2 amide bonds. The van der Waals surface area contributed by atoms with E-state index >= 15 is 0 Å². The van der Waals surface area contributed by atoms with Gasteiger partial charge in [0.15, 0.2) is 0 Å². The van der Waals surface area contributed by atoms with Crippen LogP contribution >= 0.6 is 0 Å². The van der Waals surface area contributed by atoms with Crippen LogP contribution in [0.1, 0.15) is 20.8 Å². The zero-order chi connectivity index (χ0) is 13.0. The van der Waals surface area contributed by atoms with Crippen molar-refractivity contribution in [2.45, 2.75) is 26.9 Å². The molecular weight excluding hydrogens is 224 g/mol. The molecule has 6 nitrogen and oxygen atoms in total. The summed E-state index contributed by atoms with van der Waals surface area (Å²) in [6.07, 6.45) is -0.217. The largest absolute Gasteiger partial charge is 0.462 e. The fourth-order valence-corrected chi connectivity index (χ4v) is 1.62. The molecule has 6 heteroatoms. The van der Waals surface area contributed by atoms with Gasteiger partial charge in [-0.2, -0.15) is 0 Å². The molecule has 0 bridgehead atoms. The standard InChI is InChI=1S/C11H18N2O4/c1-4-12-5-6-13(11(16)10(12)15)7-9(14)17-8(2)3/h8H,4-7H2,1-3H3. The van der Waals surface area contributed by atoms with Crippen LogP contribution in [-0.4, -0.2) is 59.9 Å². The van der Waals surface area contributed by atoms with Gasteiger partial charge in [-0.05, 0) is 20.8 Å². The maximum Gasteiger partial charge on any atom is 0.325 e. The van der Waals surface area contributed by atoms with E-state index in [1.54, 1.807) is 13.8 Å². The minimum atomic E-state index is -0.626. The normalized spacial score (nSPS) is 16.7. The Morgan fingerprint density at radius 3 is 2.29 bits per heavy atom. The van der Waals surface area contributed by atoms with E-state index < -0.39 is 17.8 Å². The average molecular weight is 242 g/mol. The molecule has 0 aromatic rings. The van der Waals surface area contributed by atoms with Gasteiger partial charge in [-0.15, -0.1) is 0 Å². The zero-order valence-corrected chi connectivity index (χ0v) is 10.4. The number of amides is 2. The fourth-order valence-electron chi connectivity index (χ4n) is 1.62. The Bertz CT molecular complexity index is 327. The molecule has 0 aromatic heterocycles. The fraction of sp³-hybridized carbons (Fsp3) is 0.727. The number of esters is 1. The molecule has 1 fully saturated rings. The summed E-state index contributed by atoms with van der Waals surface area (Å²) in [6, 6.07) is 0. The third-order valence-corrected chi connectivity index (χ3v) is 2.47. The van der Waals surface area contributed by atoms with Crippen molar-refractivity contribution in [3.63, 3.8) is 0 Å². The van der Waals surface area contributed by atoms with Crippen molar-refractivity contribution in [2.75, 3.05) is 26.2 Å². The van der Waals surface area contributed by atoms with E-state index in [1.807, 2.05) is 6.92 Å². The van der Waals surface area contributed by atoms with E-state index in [4.69, 9.17) is 4.74 Å². The second-order valence-corrected chi connectivity index (χ2v) is 4.15. The molecule has 0 atom stereocenters. The van der Waals surface area contributed by atoms with Gasteiger partial charge in [-0.3, -0.25) is 14.4 Å². The summed E-state index contributed by atoms with van der Waals surface area (Å²) >= 11 is 0. The topological polar surface area (TPSA) is 66.9 Å². The highest BCUT2D eigenvalue weighted by Gasteiger charge is 2.32. The van der Waals surface area contributed by atoms with Gasteiger partial charge in [-0.1, -0.05) is 0 Å². The number of nitrogens with zero attached hydrogens (tertiary/aromatic N) is 2. The molecule has 1 aliphatic heterocycles. The van der Waals surface area contributed by atoms with Crippen LogP contribution in [0.4, 0.5) is 0 Å². The van der Waals surface area contributed by atoms with Crippen LogP contribution < -0.4 is 0 Å². The lowest BCUT2D eigenvalue weighted by Gasteiger charge is -2.32. The minimum Gasteiger partial charge on any atom is -0.462 e. The van der Waals surface area contributed by atoms with Crippen LogP contribution in [0.25, 0.3) is 0 Å². The summed E-state index contributed by atoms with van der Waals surface area (Å²) in [4.78, 5) is 37.3. The molecule has 0 N–H and O–H groups in total. The van der Waals surface area contributed by atoms with Crippen molar-refractivity contribution < 1.29 is 19.1 Å². The van der Waals surface area contributed by atoms with Crippen LogP contribution in [0.5, 0.6) is 0 Å². The van der Waals surface area contributed by atoms with Crippen molar-refractivity contribution in [3.8, 4) is 0 Å². The first kappa shape index (κ1) is 13.5. The van der Waals surface area contributed by atoms with E-state index in [0.717, 1.165) is 0 Å². The summed E-state index contributed by atoms with van der Waals surface area (Å²) in [5.41, 5.74) is 0. The Morgan fingerprint density at radius 2 is 1.76 bits per heavy atom. The summed E-state index contributed by atoms with van der Waals surface area (Å²) in [6.45, 7) is 6.49. The SMILES string of the molecule is CCN1CCN(CC(=O)OC(C)C)C(=O)C1=O. The van der Waals surface area contributed by atoms with Crippen molar-refractivity contribution in [3.05, 3.63) is 0 Å². The third-order valence-electron chi connectivity index (χ3n) is 2.47. The van der Waals surface area contributed by atoms with Crippen LogP contribution in [0.2, 0.25) is 0 Å². The lowest BCUT2D eigenvalue weighted by Crippen LogP contribution is -2.55. The highest BCUT2D eigenvalue weighted by Crippen LogP contribution is 2.05. The number of rotatable bonds is 4. The van der Waals surface area contributed by atoms with Crippen LogP contribution in [-0.2, 0) is 19.1 Å². The first-order valence-electron chi connectivity index (χ1n) is 5.73. The molecule has 0 aromatic carbocycles. The monoisotopic (exact) mass is 242 g/mol. The van der Waals surface area contributed by atoms with E-state index in [9.17, 15) is 14.4 Å². The molecule has 0 spiro atoms. The molecule has 1 rings (SSSR count). The maximum absolute atomic E-state index is 11.6. The van der Waals surface area contributed by atoms with Crippen molar-refractivity contribution >= 4 is 17.8 Å². The molecule has 0 radical (unpaired) electrons. The number of piperazine rings is 1. The molecule has 1 aliphatic rings. The van der Waals surface area contributed by atoms with Gasteiger partial charge in [0.1, 0.15) is 6.54 Å². The lowest BCUT2D eigenvalue weighted by molar-refractivity contribution is -0.160. The first-order valence-corrected chi connectivity index (χ1v) is 5.73. The summed E-state index contributed by atoms with van der Waals surface area (Å²) < 4.78 is 4.93. The predicted octanol–water partition coefficient (Wildman–Crippen LogP) is -0.371. The molecule has 1 heterocycles. The summed E-state index contributed by atoms with van der Waals surface area (Å²) in [7, 11) is 0. The second kappa shape index (κ2) is 5.65. The maximum atomic E-state index is 11.6. The van der Waals surface area contributed by atoms with E-state index in [0.29, 0.717) is 19.6 Å². The van der Waals surface area contributed by atoms with Crippen molar-refractivity contribution in [1.82, 2.24) is 9.80 Å². The molecular formula is C11H18N2O4. The van der Waals surface area contributed by atoms with Crippen molar-refractivity contribution in [1.29, 1.82) is 0 Å². The quantitative estimate of drug-likeness (QED) is 0.498. The third kappa shape index (κ3) is 3.44. The van der Waals surface area contributed by atoms with E-state index in [1.165, 1.54) is 9.80 Å². The Morgan fingerprint density at radius 1 is 1.24 bits per heavy atom. The molecule has 0 aliphatic carbocycles. The summed E-state index contributed by atoms with van der Waals surface area (Å²) in [5, 5.41) is 0. The Labute approximate surface area is 101 Å². The Balaban J connectivity index is 2.54. The number of likely N-dealkylation sites (N-methyl/N-ethyl adjacent to an activating group) is 1. The number of hydrogen-bond donors (Lipinski definition) is 0. The number of carbonyl (C=O) groups excluding carboxylic acids is 3. The van der Waals surface area contributed by atoms with Crippen LogP contribution in [0.15, 0.2) is 0 Å². The average Bonchev–Trinajstić information content (AvgIpc) is 2.24.